The van der Waals surface area contributed by atoms with E-state index in [2.05, 4.69) is 20.4 Å². The summed E-state index contributed by atoms with van der Waals surface area (Å²) in [5.41, 5.74) is 9.42. The van der Waals surface area contributed by atoms with Crippen molar-refractivity contribution >= 4 is 17.2 Å². The van der Waals surface area contributed by atoms with Gasteiger partial charge in [-0.05, 0) is 56.3 Å². The first-order valence-corrected chi connectivity index (χ1v) is 8.84. The summed E-state index contributed by atoms with van der Waals surface area (Å²) in [5.74, 6) is 2.61. The molecule has 0 saturated carbocycles. The minimum atomic E-state index is 0.429. The van der Waals surface area contributed by atoms with E-state index in [1.165, 1.54) is 6.33 Å². The molecule has 0 aliphatic heterocycles. The Morgan fingerprint density at radius 1 is 0.929 bits per heavy atom. The first-order valence-electron chi connectivity index (χ1n) is 8.84. The number of rotatable bonds is 5. The molecule has 4 rings (SSSR count). The third kappa shape index (κ3) is 3.64. The number of aryl methyl sites for hydroxylation is 2. The SMILES string of the molecule is Cc1cc(C)n(-c2ncnc(Nc3ccc(Oc4ccccc4)cc3)c2N)n1. The molecule has 0 spiro atoms. The Bertz CT molecular complexity index is 1090. The summed E-state index contributed by atoms with van der Waals surface area (Å²) in [7, 11) is 0. The molecule has 0 unspecified atom stereocenters. The second kappa shape index (κ2) is 7.40. The highest BCUT2D eigenvalue weighted by Gasteiger charge is 2.13. The summed E-state index contributed by atoms with van der Waals surface area (Å²) in [6, 6.07) is 19.2. The lowest BCUT2D eigenvalue weighted by molar-refractivity contribution is 0.483. The van der Waals surface area contributed by atoms with E-state index in [9.17, 15) is 0 Å². The quantitative estimate of drug-likeness (QED) is 0.540. The lowest BCUT2D eigenvalue weighted by Crippen LogP contribution is -2.09. The maximum absolute atomic E-state index is 6.30. The monoisotopic (exact) mass is 372 g/mol. The van der Waals surface area contributed by atoms with Gasteiger partial charge in [0.05, 0.1) is 5.69 Å². The van der Waals surface area contributed by atoms with Crippen LogP contribution in [0.5, 0.6) is 11.5 Å². The van der Waals surface area contributed by atoms with E-state index in [0.29, 0.717) is 17.3 Å². The number of nitrogens with zero attached hydrogens (tertiary/aromatic N) is 4. The van der Waals surface area contributed by atoms with Crippen molar-refractivity contribution in [2.75, 3.05) is 11.1 Å². The summed E-state index contributed by atoms with van der Waals surface area (Å²) >= 11 is 0. The number of ether oxygens (including phenoxy) is 1. The molecule has 0 radical (unpaired) electrons. The molecule has 2 heterocycles. The van der Waals surface area contributed by atoms with Gasteiger partial charge >= 0.3 is 0 Å². The van der Waals surface area contributed by atoms with Crippen molar-refractivity contribution in [3.05, 3.63) is 78.4 Å². The van der Waals surface area contributed by atoms with Crippen LogP contribution < -0.4 is 15.8 Å². The van der Waals surface area contributed by atoms with Crippen LogP contribution in [0.1, 0.15) is 11.4 Å². The van der Waals surface area contributed by atoms with Crippen LogP contribution in [0.25, 0.3) is 5.82 Å². The number of hydrogen-bond donors (Lipinski definition) is 2. The van der Waals surface area contributed by atoms with E-state index >= 15 is 0 Å². The van der Waals surface area contributed by atoms with Crippen molar-refractivity contribution < 1.29 is 4.74 Å². The van der Waals surface area contributed by atoms with Crippen LogP contribution in [-0.4, -0.2) is 19.7 Å². The smallest absolute Gasteiger partial charge is 0.182 e. The number of para-hydroxylation sites is 1. The fourth-order valence-corrected chi connectivity index (χ4v) is 2.87. The van der Waals surface area contributed by atoms with Crippen LogP contribution in [0, 0.1) is 13.8 Å². The van der Waals surface area contributed by atoms with Gasteiger partial charge in [0, 0.05) is 11.4 Å². The zero-order valence-corrected chi connectivity index (χ0v) is 15.6. The van der Waals surface area contributed by atoms with E-state index in [1.807, 2.05) is 74.5 Å². The molecule has 7 heteroatoms. The molecule has 4 aromatic rings. The molecule has 2 aromatic heterocycles. The van der Waals surface area contributed by atoms with Gasteiger partial charge in [-0.3, -0.25) is 0 Å². The molecule has 0 aliphatic carbocycles. The van der Waals surface area contributed by atoms with E-state index < -0.39 is 0 Å². The van der Waals surface area contributed by atoms with Gasteiger partial charge in [-0.2, -0.15) is 5.10 Å². The molecule has 0 aliphatic rings. The van der Waals surface area contributed by atoms with Crippen molar-refractivity contribution in [1.29, 1.82) is 0 Å². The normalized spacial score (nSPS) is 10.6. The minimum Gasteiger partial charge on any atom is -0.457 e. The zero-order chi connectivity index (χ0) is 19.5. The summed E-state index contributed by atoms with van der Waals surface area (Å²) < 4.78 is 7.53. The van der Waals surface area contributed by atoms with Crippen molar-refractivity contribution in [2.45, 2.75) is 13.8 Å². The number of aromatic nitrogens is 4. The second-order valence-electron chi connectivity index (χ2n) is 6.36. The molecule has 2 aromatic carbocycles. The number of nitrogen functional groups attached to an aromatic ring is 1. The molecule has 0 amide bonds. The van der Waals surface area contributed by atoms with Crippen LogP contribution in [0.15, 0.2) is 67.0 Å². The van der Waals surface area contributed by atoms with Crippen LogP contribution in [0.3, 0.4) is 0 Å². The van der Waals surface area contributed by atoms with Gasteiger partial charge < -0.3 is 15.8 Å². The molecule has 140 valence electrons. The predicted octanol–water partition coefficient (Wildman–Crippen LogP) is 4.40. The average Bonchev–Trinajstić information content (AvgIpc) is 3.04. The average molecular weight is 372 g/mol. The number of nitrogens with two attached hydrogens (primary N) is 1. The third-order valence-corrected chi connectivity index (χ3v) is 4.17. The van der Waals surface area contributed by atoms with Gasteiger partial charge in [-0.25, -0.2) is 14.6 Å². The Morgan fingerprint density at radius 2 is 1.64 bits per heavy atom. The Morgan fingerprint density at radius 3 is 2.32 bits per heavy atom. The molecule has 0 fully saturated rings. The molecule has 7 nitrogen and oxygen atoms in total. The summed E-state index contributed by atoms with van der Waals surface area (Å²) in [6.07, 6.45) is 1.47. The van der Waals surface area contributed by atoms with Gasteiger partial charge in [0.1, 0.15) is 23.5 Å². The lowest BCUT2D eigenvalue weighted by atomic mass is 10.3. The first-order chi connectivity index (χ1) is 13.6. The van der Waals surface area contributed by atoms with Crippen LogP contribution in [0.4, 0.5) is 17.2 Å². The minimum absolute atomic E-state index is 0.429. The third-order valence-electron chi connectivity index (χ3n) is 4.17. The first kappa shape index (κ1) is 17.5. The number of benzene rings is 2. The predicted molar refractivity (Wildman–Crippen MR) is 109 cm³/mol. The van der Waals surface area contributed by atoms with Crippen molar-refractivity contribution in [3.63, 3.8) is 0 Å². The highest BCUT2D eigenvalue weighted by atomic mass is 16.5. The number of nitrogens with one attached hydrogen (secondary N) is 1. The van der Waals surface area contributed by atoms with Crippen molar-refractivity contribution in [3.8, 4) is 17.3 Å². The Labute approximate surface area is 162 Å². The Kier molecular flexibility index (Phi) is 4.63. The number of hydrogen-bond acceptors (Lipinski definition) is 6. The molecular weight excluding hydrogens is 352 g/mol. The zero-order valence-electron chi connectivity index (χ0n) is 15.6. The molecule has 0 bridgehead atoms. The maximum Gasteiger partial charge on any atom is 0.182 e. The second-order valence-corrected chi connectivity index (χ2v) is 6.36. The van der Waals surface area contributed by atoms with E-state index in [1.54, 1.807) is 4.68 Å². The fourth-order valence-electron chi connectivity index (χ4n) is 2.87. The van der Waals surface area contributed by atoms with E-state index in [4.69, 9.17) is 10.5 Å². The van der Waals surface area contributed by atoms with E-state index in [-0.39, 0.29) is 0 Å². The van der Waals surface area contributed by atoms with Gasteiger partial charge in [-0.1, -0.05) is 18.2 Å². The molecular formula is C21H20N6O. The van der Waals surface area contributed by atoms with Gasteiger partial charge in [0.2, 0.25) is 0 Å². The highest BCUT2D eigenvalue weighted by Crippen LogP contribution is 2.28. The molecule has 3 N–H and O–H groups in total. The lowest BCUT2D eigenvalue weighted by Gasteiger charge is -2.12. The Balaban J connectivity index is 1.54. The van der Waals surface area contributed by atoms with Crippen molar-refractivity contribution in [2.24, 2.45) is 0 Å². The standard InChI is InChI=1S/C21H20N6O/c1-14-12-15(2)27(26-14)21-19(22)20(23-13-24-21)25-16-8-10-18(11-9-16)28-17-6-4-3-5-7-17/h3-13H,22H2,1-2H3,(H,23,24,25). The highest BCUT2D eigenvalue weighted by molar-refractivity contribution is 5.74. The maximum atomic E-state index is 6.30. The summed E-state index contributed by atoms with van der Waals surface area (Å²) in [5, 5.41) is 7.67. The molecule has 28 heavy (non-hydrogen) atoms. The summed E-state index contributed by atoms with van der Waals surface area (Å²) in [4.78, 5) is 8.56. The van der Waals surface area contributed by atoms with E-state index in [0.717, 1.165) is 28.6 Å². The van der Waals surface area contributed by atoms with Crippen LogP contribution in [0.2, 0.25) is 0 Å². The summed E-state index contributed by atoms with van der Waals surface area (Å²) in [6.45, 7) is 3.89. The Hall–Kier alpha value is -3.87. The fraction of sp³-hybridized carbons (Fsp3) is 0.0952. The van der Waals surface area contributed by atoms with Gasteiger partial charge in [0.25, 0.3) is 0 Å². The van der Waals surface area contributed by atoms with Gasteiger partial charge in [-0.15, -0.1) is 0 Å². The van der Waals surface area contributed by atoms with Crippen molar-refractivity contribution in [1.82, 2.24) is 19.7 Å². The topological polar surface area (TPSA) is 90.9 Å². The molecule has 0 atom stereocenters. The van der Waals surface area contributed by atoms with Crippen LogP contribution >= 0.6 is 0 Å². The van der Waals surface area contributed by atoms with Crippen LogP contribution in [-0.2, 0) is 0 Å². The largest absolute Gasteiger partial charge is 0.457 e. The number of anilines is 3. The molecule has 0 saturated heterocycles. The van der Waals surface area contributed by atoms with Gasteiger partial charge in [0.15, 0.2) is 11.6 Å².